The number of hydrogen-bond donors (Lipinski definition) is 2. The lowest BCUT2D eigenvalue weighted by atomic mass is 9.78. The summed E-state index contributed by atoms with van der Waals surface area (Å²) in [6.45, 7) is 0. The van der Waals surface area contributed by atoms with Gasteiger partial charge in [-0.05, 0) is 62.6 Å². The van der Waals surface area contributed by atoms with Gasteiger partial charge >= 0.3 is 0 Å². The molecule has 0 spiro atoms. The summed E-state index contributed by atoms with van der Waals surface area (Å²) in [5.74, 6) is 0.284. The lowest BCUT2D eigenvalue weighted by Gasteiger charge is -2.34. The summed E-state index contributed by atoms with van der Waals surface area (Å²) in [6, 6.07) is 9.58. The van der Waals surface area contributed by atoms with E-state index < -0.39 is 0 Å². The molecule has 24 heavy (non-hydrogen) atoms. The normalized spacial score (nSPS) is 31.1. The van der Waals surface area contributed by atoms with Gasteiger partial charge < -0.3 is 10.6 Å². The predicted octanol–water partition coefficient (Wildman–Crippen LogP) is 3.84. The molecule has 1 aliphatic carbocycles. The minimum Gasteiger partial charge on any atom is -0.353 e. The van der Waals surface area contributed by atoms with Crippen molar-refractivity contribution in [2.24, 2.45) is 5.41 Å². The summed E-state index contributed by atoms with van der Waals surface area (Å²) in [5, 5.41) is 7.84. The molecule has 2 unspecified atom stereocenters. The number of fused-ring (bicyclic) bond motifs is 2. The molecule has 1 aromatic carbocycles. The third-order valence-corrected chi connectivity index (χ3v) is 6.52. The second-order valence-electron chi connectivity index (χ2n) is 8.07. The monoisotopic (exact) mass is 346 g/mol. The number of piperidine rings is 1. The highest BCUT2D eigenvalue weighted by Crippen LogP contribution is 2.42. The SMILES string of the molecule is O=C(NC1CC2CCC(C1)N2)C1(Cc2cccc(Cl)c2)CCCC1. The van der Waals surface area contributed by atoms with Crippen LogP contribution in [0.25, 0.3) is 0 Å². The Labute approximate surface area is 149 Å². The number of amides is 1. The molecule has 0 radical (unpaired) electrons. The molecule has 4 rings (SSSR count). The highest BCUT2D eigenvalue weighted by atomic mass is 35.5. The van der Waals surface area contributed by atoms with Crippen molar-refractivity contribution in [3.8, 4) is 0 Å². The number of rotatable bonds is 4. The Hall–Kier alpha value is -1.06. The van der Waals surface area contributed by atoms with Crippen molar-refractivity contribution in [2.45, 2.75) is 75.9 Å². The Kier molecular flexibility index (Phi) is 4.57. The lowest BCUT2D eigenvalue weighted by Crippen LogP contribution is -2.51. The minimum absolute atomic E-state index is 0.228. The number of benzene rings is 1. The van der Waals surface area contributed by atoms with Crippen LogP contribution in [0, 0.1) is 5.41 Å². The molecule has 2 atom stereocenters. The molecule has 3 fully saturated rings. The Bertz CT molecular complexity index is 599. The Morgan fingerprint density at radius 1 is 1.21 bits per heavy atom. The first kappa shape index (κ1) is 16.4. The van der Waals surface area contributed by atoms with Crippen LogP contribution in [0.15, 0.2) is 24.3 Å². The quantitative estimate of drug-likeness (QED) is 0.869. The average molecular weight is 347 g/mol. The van der Waals surface area contributed by atoms with Crippen molar-refractivity contribution < 1.29 is 4.79 Å². The minimum atomic E-state index is -0.228. The van der Waals surface area contributed by atoms with Crippen LogP contribution in [0.5, 0.6) is 0 Å². The van der Waals surface area contributed by atoms with E-state index in [1.54, 1.807) is 0 Å². The first-order chi connectivity index (χ1) is 11.6. The van der Waals surface area contributed by atoms with Crippen LogP contribution in [-0.2, 0) is 11.2 Å². The highest BCUT2D eigenvalue weighted by molar-refractivity contribution is 6.30. The third kappa shape index (κ3) is 3.34. The molecule has 1 amide bonds. The topological polar surface area (TPSA) is 41.1 Å². The molecule has 0 aromatic heterocycles. The zero-order valence-electron chi connectivity index (χ0n) is 14.2. The van der Waals surface area contributed by atoms with E-state index >= 15 is 0 Å². The van der Waals surface area contributed by atoms with E-state index in [4.69, 9.17) is 11.6 Å². The van der Waals surface area contributed by atoms with E-state index in [0.717, 1.165) is 50.0 Å². The van der Waals surface area contributed by atoms with Gasteiger partial charge in [0.05, 0.1) is 5.41 Å². The van der Waals surface area contributed by atoms with Gasteiger partial charge in [0.1, 0.15) is 0 Å². The fourth-order valence-corrected chi connectivity index (χ4v) is 5.30. The molecule has 2 saturated heterocycles. The first-order valence-corrected chi connectivity index (χ1v) is 9.82. The average Bonchev–Trinajstić information content (AvgIpc) is 3.15. The Balaban J connectivity index is 1.46. The Morgan fingerprint density at radius 2 is 1.92 bits per heavy atom. The number of hydrogen-bond acceptors (Lipinski definition) is 2. The summed E-state index contributed by atoms with van der Waals surface area (Å²) in [6.07, 6.45) is 9.86. The van der Waals surface area contributed by atoms with Gasteiger partial charge in [0, 0.05) is 23.1 Å². The zero-order valence-corrected chi connectivity index (χ0v) is 14.9. The molecule has 3 aliphatic rings. The standard InChI is InChI=1S/C20H27ClN2O/c21-15-5-3-4-14(10-15)13-20(8-1-2-9-20)19(24)23-18-11-16-6-7-17(12-18)22-16/h3-5,10,16-18,22H,1-2,6-9,11-13H2,(H,23,24). The molecule has 2 N–H and O–H groups in total. The number of carbonyl (C=O) groups excluding carboxylic acids is 1. The van der Waals surface area contributed by atoms with Gasteiger partial charge in [0.15, 0.2) is 0 Å². The molecule has 2 aliphatic heterocycles. The van der Waals surface area contributed by atoms with Gasteiger partial charge in [-0.1, -0.05) is 36.6 Å². The van der Waals surface area contributed by atoms with Crippen LogP contribution in [0.1, 0.15) is 56.9 Å². The molecular formula is C20H27ClN2O. The van der Waals surface area contributed by atoms with E-state index in [1.807, 2.05) is 18.2 Å². The van der Waals surface area contributed by atoms with Crippen molar-refractivity contribution in [3.05, 3.63) is 34.9 Å². The van der Waals surface area contributed by atoms with E-state index in [-0.39, 0.29) is 11.3 Å². The highest BCUT2D eigenvalue weighted by Gasteiger charge is 2.43. The maximum atomic E-state index is 13.2. The molecule has 3 nitrogen and oxygen atoms in total. The maximum Gasteiger partial charge on any atom is 0.226 e. The second-order valence-corrected chi connectivity index (χ2v) is 8.51. The largest absolute Gasteiger partial charge is 0.353 e. The van der Waals surface area contributed by atoms with E-state index in [1.165, 1.54) is 18.4 Å². The van der Waals surface area contributed by atoms with Crippen molar-refractivity contribution in [3.63, 3.8) is 0 Å². The van der Waals surface area contributed by atoms with Gasteiger partial charge in [0.25, 0.3) is 0 Å². The van der Waals surface area contributed by atoms with Crippen molar-refractivity contribution in [1.29, 1.82) is 0 Å². The third-order valence-electron chi connectivity index (χ3n) is 6.28. The Morgan fingerprint density at radius 3 is 2.58 bits per heavy atom. The number of halogens is 1. The molecule has 1 aromatic rings. The van der Waals surface area contributed by atoms with Crippen LogP contribution >= 0.6 is 11.6 Å². The van der Waals surface area contributed by atoms with Crippen molar-refractivity contribution in [1.82, 2.24) is 10.6 Å². The molecule has 2 bridgehead atoms. The van der Waals surface area contributed by atoms with Gasteiger partial charge in [-0.2, -0.15) is 0 Å². The fourth-order valence-electron chi connectivity index (χ4n) is 5.09. The van der Waals surface area contributed by atoms with Gasteiger partial charge in [-0.15, -0.1) is 0 Å². The van der Waals surface area contributed by atoms with Gasteiger partial charge in [-0.25, -0.2) is 0 Å². The molecule has 2 heterocycles. The van der Waals surface area contributed by atoms with Gasteiger partial charge in [0.2, 0.25) is 5.91 Å². The van der Waals surface area contributed by atoms with Crippen LogP contribution in [0.3, 0.4) is 0 Å². The molecular weight excluding hydrogens is 320 g/mol. The van der Waals surface area contributed by atoms with E-state index in [9.17, 15) is 4.79 Å². The van der Waals surface area contributed by atoms with Gasteiger partial charge in [-0.3, -0.25) is 4.79 Å². The summed E-state index contributed by atoms with van der Waals surface area (Å²) in [5.41, 5.74) is 0.958. The van der Waals surface area contributed by atoms with Crippen LogP contribution < -0.4 is 10.6 Å². The summed E-state index contributed by atoms with van der Waals surface area (Å²) in [7, 11) is 0. The van der Waals surface area contributed by atoms with Crippen molar-refractivity contribution in [2.75, 3.05) is 0 Å². The first-order valence-electron chi connectivity index (χ1n) is 9.44. The summed E-state index contributed by atoms with van der Waals surface area (Å²) in [4.78, 5) is 13.2. The fraction of sp³-hybridized carbons (Fsp3) is 0.650. The predicted molar refractivity (Wildman–Crippen MR) is 97.2 cm³/mol. The van der Waals surface area contributed by atoms with Crippen LogP contribution in [0.2, 0.25) is 5.02 Å². The maximum absolute atomic E-state index is 13.2. The molecule has 130 valence electrons. The molecule has 4 heteroatoms. The zero-order chi connectivity index (χ0) is 16.6. The lowest BCUT2D eigenvalue weighted by molar-refractivity contribution is -0.131. The second kappa shape index (κ2) is 6.68. The summed E-state index contributed by atoms with van der Waals surface area (Å²) < 4.78 is 0. The molecule has 1 saturated carbocycles. The van der Waals surface area contributed by atoms with E-state index in [0.29, 0.717) is 18.1 Å². The summed E-state index contributed by atoms with van der Waals surface area (Å²) >= 11 is 6.14. The van der Waals surface area contributed by atoms with E-state index in [2.05, 4.69) is 16.7 Å². The van der Waals surface area contributed by atoms with Crippen LogP contribution in [-0.4, -0.2) is 24.0 Å². The smallest absolute Gasteiger partial charge is 0.226 e. The van der Waals surface area contributed by atoms with Crippen molar-refractivity contribution >= 4 is 17.5 Å². The van der Waals surface area contributed by atoms with Crippen LogP contribution in [0.4, 0.5) is 0 Å². The number of nitrogens with one attached hydrogen (secondary N) is 2. The number of carbonyl (C=O) groups is 1.